The summed E-state index contributed by atoms with van der Waals surface area (Å²) in [5, 5.41) is 2.03. The summed E-state index contributed by atoms with van der Waals surface area (Å²) in [4.78, 5) is 0. The van der Waals surface area contributed by atoms with Crippen molar-refractivity contribution in [3.63, 3.8) is 0 Å². The van der Waals surface area contributed by atoms with E-state index in [1.165, 1.54) is 0 Å². The molecule has 0 aliphatic carbocycles. The van der Waals surface area contributed by atoms with Crippen LogP contribution in [0.1, 0.15) is 32.4 Å². The van der Waals surface area contributed by atoms with E-state index >= 15 is 0 Å². The molecule has 0 radical (unpaired) electrons. The number of benzene rings is 3. The SMILES string of the molecule is CC(C)(C)[Si](O[C@H]([C@H]1O[C@H]1c1ccccc1)C(Cl)(Cl)Cl)(c1ccccc1)c1ccccc1. The lowest BCUT2D eigenvalue weighted by Crippen LogP contribution is -2.69. The van der Waals surface area contributed by atoms with Crippen LogP contribution in [0.2, 0.25) is 5.04 Å². The third kappa shape index (κ3) is 4.65. The molecule has 1 saturated heterocycles. The summed E-state index contributed by atoms with van der Waals surface area (Å²) >= 11 is 19.7. The average molecular weight is 506 g/mol. The van der Waals surface area contributed by atoms with Gasteiger partial charge in [0.15, 0.2) is 0 Å². The first kappa shape index (κ1) is 23.8. The second kappa shape index (κ2) is 9.13. The number of hydrogen-bond acceptors (Lipinski definition) is 2. The summed E-state index contributed by atoms with van der Waals surface area (Å²) in [5.74, 6) is 0. The highest BCUT2D eigenvalue weighted by molar-refractivity contribution is 6.99. The molecule has 0 saturated carbocycles. The molecule has 2 nitrogen and oxygen atoms in total. The number of alkyl halides is 3. The molecule has 0 amide bonds. The van der Waals surface area contributed by atoms with Crippen LogP contribution in [-0.4, -0.2) is 24.3 Å². The Morgan fingerprint density at radius 1 is 0.750 bits per heavy atom. The van der Waals surface area contributed by atoms with Crippen molar-refractivity contribution in [1.82, 2.24) is 0 Å². The topological polar surface area (TPSA) is 21.8 Å². The number of rotatable bonds is 6. The maximum Gasteiger partial charge on any atom is 0.261 e. The molecule has 0 spiro atoms. The predicted molar refractivity (Wildman–Crippen MR) is 137 cm³/mol. The van der Waals surface area contributed by atoms with Crippen LogP contribution in [0, 0.1) is 0 Å². The van der Waals surface area contributed by atoms with Crippen molar-refractivity contribution in [2.75, 3.05) is 0 Å². The zero-order valence-electron chi connectivity index (χ0n) is 18.3. The quantitative estimate of drug-likeness (QED) is 0.218. The molecule has 3 aromatic carbocycles. The van der Waals surface area contributed by atoms with Crippen molar-refractivity contribution in [3.8, 4) is 0 Å². The second-order valence-corrected chi connectivity index (χ2v) is 15.8. The summed E-state index contributed by atoms with van der Waals surface area (Å²) in [6, 6.07) is 30.7. The molecule has 6 heteroatoms. The molecule has 1 fully saturated rings. The van der Waals surface area contributed by atoms with Gasteiger partial charge in [0.05, 0.1) is 0 Å². The fraction of sp³-hybridized carbons (Fsp3) is 0.308. The number of epoxide rings is 1. The molecule has 4 rings (SSSR count). The zero-order valence-corrected chi connectivity index (χ0v) is 21.6. The van der Waals surface area contributed by atoms with E-state index in [0.717, 1.165) is 15.9 Å². The van der Waals surface area contributed by atoms with Crippen LogP contribution >= 0.6 is 34.8 Å². The van der Waals surface area contributed by atoms with Crippen molar-refractivity contribution >= 4 is 53.5 Å². The molecular weight excluding hydrogens is 479 g/mol. The van der Waals surface area contributed by atoms with E-state index in [4.69, 9.17) is 44.0 Å². The van der Waals surface area contributed by atoms with Gasteiger partial charge in [0.2, 0.25) is 3.79 Å². The minimum atomic E-state index is -2.91. The summed E-state index contributed by atoms with van der Waals surface area (Å²) < 4.78 is 11.5. The lowest BCUT2D eigenvalue weighted by Gasteiger charge is -2.46. The number of ether oxygens (including phenoxy) is 1. The van der Waals surface area contributed by atoms with E-state index in [1.54, 1.807) is 0 Å². The normalized spacial score (nSPS) is 20.1. The minimum absolute atomic E-state index is 0.157. The summed E-state index contributed by atoms with van der Waals surface area (Å²) in [6.07, 6.45) is -1.23. The highest BCUT2D eigenvalue weighted by Crippen LogP contribution is 2.51. The Morgan fingerprint density at radius 2 is 1.19 bits per heavy atom. The number of halogens is 3. The molecule has 1 aliphatic heterocycles. The van der Waals surface area contributed by atoms with Crippen LogP contribution in [0.25, 0.3) is 0 Å². The van der Waals surface area contributed by atoms with Gasteiger partial charge in [-0.15, -0.1) is 0 Å². The minimum Gasteiger partial charge on any atom is -0.397 e. The standard InChI is InChI=1S/C26H27Cl3O2Si/c1-25(2,3)32(20-15-9-5-10-16-20,21-17-11-6-12-18-21)31-24(26(27,28)29)23-22(30-23)19-13-7-4-8-14-19/h4-18,22-24H,1-3H3/t22-,23-,24+/m0/s1. The van der Waals surface area contributed by atoms with Gasteiger partial charge in [0.25, 0.3) is 8.32 Å². The Bertz CT molecular complexity index is 978. The average Bonchev–Trinajstić information content (AvgIpc) is 3.55. The Labute approximate surface area is 206 Å². The van der Waals surface area contributed by atoms with Crippen molar-refractivity contribution in [2.45, 2.75) is 47.9 Å². The Balaban J connectivity index is 1.82. The Morgan fingerprint density at radius 3 is 1.59 bits per heavy atom. The van der Waals surface area contributed by atoms with Gasteiger partial charge in [-0.05, 0) is 21.0 Å². The lowest BCUT2D eigenvalue weighted by atomic mass is 10.1. The third-order valence-corrected chi connectivity index (χ3v) is 11.7. The van der Waals surface area contributed by atoms with Crippen molar-refractivity contribution in [3.05, 3.63) is 96.6 Å². The van der Waals surface area contributed by atoms with Crippen LogP contribution in [0.5, 0.6) is 0 Å². The maximum absolute atomic E-state index is 7.13. The first-order valence-electron chi connectivity index (χ1n) is 10.7. The van der Waals surface area contributed by atoms with Crippen LogP contribution < -0.4 is 10.4 Å². The van der Waals surface area contributed by atoms with Crippen LogP contribution in [0.15, 0.2) is 91.0 Å². The molecule has 3 aromatic rings. The van der Waals surface area contributed by atoms with E-state index in [1.807, 2.05) is 66.7 Å². The smallest absolute Gasteiger partial charge is 0.261 e. The van der Waals surface area contributed by atoms with E-state index in [0.29, 0.717) is 0 Å². The number of hydrogen-bond donors (Lipinski definition) is 0. The van der Waals surface area contributed by atoms with Crippen LogP contribution in [0.3, 0.4) is 0 Å². The van der Waals surface area contributed by atoms with Crippen molar-refractivity contribution in [2.24, 2.45) is 0 Å². The molecule has 168 valence electrons. The predicted octanol–water partition coefficient (Wildman–Crippen LogP) is 6.44. The molecule has 32 heavy (non-hydrogen) atoms. The Hall–Kier alpha value is -1.33. The zero-order chi connectivity index (χ0) is 23.0. The third-order valence-electron chi connectivity index (χ3n) is 6.00. The molecule has 1 heterocycles. The van der Waals surface area contributed by atoms with Gasteiger partial charge in [-0.2, -0.15) is 0 Å². The fourth-order valence-electron chi connectivity index (χ4n) is 4.47. The van der Waals surface area contributed by atoms with Gasteiger partial charge in [-0.1, -0.05) is 147 Å². The highest BCUT2D eigenvalue weighted by atomic mass is 35.6. The first-order valence-corrected chi connectivity index (χ1v) is 13.7. The fourth-order valence-corrected chi connectivity index (χ4v) is 9.90. The Kier molecular flexibility index (Phi) is 6.80. The van der Waals surface area contributed by atoms with E-state index < -0.39 is 18.2 Å². The van der Waals surface area contributed by atoms with Crippen molar-refractivity contribution < 1.29 is 9.16 Å². The van der Waals surface area contributed by atoms with E-state index in [2.05, 4.69) is 45.0 Å². The van der Waals surface area contributed by atoms with Crippen molar-refractivity contribution in [1.29, 1.82) is 0 Å². The summed E-state index contributed by atoms with van der Waals surface area (Å²) in [7, 11) is -2.91. The molecule has 1 aliphatic rings. The maximum atomic E-state index is 7.13. The van der Waals surface area contributed by atoms with Gasteiger partial charge in [-0.3, -0.25) is 0 Å². The summed E-state index contributed by atoms with van der Waals surface area (Å²) in [6.45, 7) is 6.62. The molecule has 3 atom stereocenters. The van der Waals surface area contributed by atoms with Crippen LogP contribution in [-0.2, 0) is 9.16 Å². The summed E-state index contributed by atoms with van der Waals surface area (Å²) in [5.41, 5.74) is 1.06. The largest absolute Gasteiger partial charge is 0.397 e. The van der Waals surface area contributed by atoms with Gasteiger partial charge in [0.1, 0.15) is 18.3 Å². The molecular formula is C26H27Cl3O2Si. The van der Waals surface area contributed by atoms with Gasteiger partial charge >= 0.3 is 0 Å². The molecule has 0 N–H and O–H groups in total. The van der Waals surface area contributed by atoms with E-state index in [9.17, 15) is 0 Å². The highest BCUT2D eigenvalue weighted by Gasteiger charge is 2.60. The van der Waals surface area contributed by atoms with Crippen LogP contribution in [0.4, 0.5) is 0 Å². The van der Waals surface area contributed by atoms with Gasteiger partial charge < -0.3 is 9.16 Å². The van der Waals surface area contributed by atoms with Gasteiger partial charge in [0, 0.05) is 0 Å². The molecule has 0 aromatic heterocycles. The first-order chi connectivity index (χ1) is 15.1. The second-order valence-electron chi connectivity index (χ2n) is 9.18. The molecule has 0 unspecified atom stereocenters. The van der Waals surface area contributed by atoms with E-state index in [-0.39, 0.29) is 17.2 Å². The van der Waals surface area contributed by atoms with Gasteiger partial charge in [-0.25, -0.2) is 0 Å². The monoisotopic (exact) mass is 504 g/mol. The lowest BCUT2D eigenvalue weighted by molar-refractivity contribution is 0.151. The molecule has 0 bridgehead atoms.